The van der Waals surface area contributed by atoms with Gasteiger partial charge in [0.1, 0.15) is 0 Å². The molecule has 0 aliphatic heterocycles. The van der Waals surface area contributed by atoms with Crippen LogP contribution in [0.5, 0.6) is 5.88 Å². The first-order valence-corrected chi connectivity index (χ1v) is 6.40. The zero-order valence-electron chi connectivity index (χ0n) is 9.80. The molecule has 5 heteroatoms. The first-order chi connectivity index (χ1) is 8.65. The monoisotopic (exact) mass is 260 g/mol. The van der Waals surface area contributed by atoms with Gasteiger partial charge >= 0.3 is 4.87 Å². The summed E-state index contributed by atoms with van der Waals surface area (Å²) in [4.78, 5) is 14.0. The van der Waals surface area contributed by atoms with Crippen LogP contribution in [-0.2, 0) is 13.5 Å². The standard InChI is InChI=1S/C13H12N2O2S/c1-15-6-5-9-8(3-2-4-10(9)15)7-11-12(16)14-13(17)18-11/h2-6,16H,7H2,1H3,(H,14,17). The molecule has 0 fully saturated rings. The largest absolute Gasteiger partial charge is 0.494 e. The molecular formula is C13H12N2O2S. The molecule has 1 aromatic carbocycles. The van der Waals surface area contributed by atoms with Crippen LogP contribution in [0.25, 0.3) is 10.9 Å². The minimum Gasteiger partial charge on any atom is -0.494 e. The normalized spacial score (nSPS) is 11.2. The summed E-state index contributed by atoms with van der Waals surface area (Å²) in [6.07, 6.45) is 2.57. The highest BCUT2D eigenvalue weighted by Gasteiger charge is 2.10. The van der Waals surface area contributed by atoms with E-state index in [0.717, 1.165) is 27.8 Å². The van der Waals surface area contributed by atoms with Gasteiger partial charge in [-0.1, -0.05) is 23.5 Å². The number of hydrogen-bond acceptors (Lipinski definition) is 3. The summed E-state index contributed by atoms with van der Waals surface area (Å²) in [6.45, 7) is 0. The van der Waals surface area contributed by atoms with Crippen molar-refractivity contribution in [2.45, 2.75) is 6.42 Å². The van der Waals surface area contributed by atoms with Crippen LogP contribution in [0.15, 0.2) is 35.3 Å². The summed E-state index contributed by atoms with van der Waals surface area (Å²) in [5, 5.41) is 10.8. The van der Waals surface area contributed by atoms with E-state index in [2.05, 4.69) is 21.7 Å². The van der Waals surface area contributed by atoms with Gasteiger partial charge in [-0.3, -0.25) is 9.78 Å². The third-order valence-corrected chi connectivity index (χ3v) is 3.94. The van der Waals surface area contributed by atoms with E-state index in [1.165, 1.54) is 0 Å². The smallest absolute Gasteiger partial charge is 0.307 e. The van der Waals surface area contributed by atoms with Gasteiger partial charge in [-0.25, -0.2) is 0 Å². The Morgan fingerprint density at radius 1 is 1.39 bits per heavy atom. The van der Waals surface area contributed by atoms with E-state index in [9.17, 15) is 9.90 Å². The predicted octanol–water partition coefficient (Wildman–Crippen LogP) is 2.22. The molecule has 0 atom stereocenters. The van der Waals surface area contributed by atoms with Gasteiger partial charge in [0.05, 0.1) is 4.88 Å². The second-order valence-electron chi connectivity index (χ2n) is 4.24. The summed E-state index contributed by atoms with van der Waals surface area (Å²) in [7, 11) is 2.00. The van der Waals surface area contributed by atoms with Gasteiger partial charge in [0.15, 0.2) is 0 Å². The van der Waals surface area contributed by atoms with Crippen molar-refractivity contribution in [1.82, 2.24) is 9.55 Å². The van der Waals surface area contributed by atoms with Crippen molar-refractivity contribution in [3.8, 4) is 5.88 Å². The summed E-state index contributed by atoms with van der Waals surface area (Å²) in [5.74, 6) is -0.0158. The Morgan fingerprint density at radius 2 is 2.22 bits per heavy atom. The minimum absolute atomic E-state index is 0.0158. The number of nitrogens with zero attached hydrogens (tertiary/aromatic N) is 1. The second kappa shape index (κ2) is 4.03. The molecule has 3 aromatic rings. The first kappa shape index (κ1) is 11.1. The fraction of sp³-hybridized carbons (Fsp3) is 0.154. The maximum atomic E-state index is 11.2. The van der Waals surface area contributed by atoms with Crippen LogP contribution in [-0.4, -0.2) is 14.7 Å². The first-order valence-electron chi connectivity index (χ1n) is 5.59. The van der Waals surface area contributed by atoms with Gasteiger partial charge in [0, 0.05) is 30.6 Å². The highest BCUT2D eigenvalue weighted by Crippen LogP contribution is 2.25. The summed E-state index contributed by atoms with van der Waals surface area (Å²) in [6, 6.07) is 8.12. The lowest BCUT2D eigenvalue weighted by molar-refractivity contribution is 0.451. The molecular weight excluding hydrogens is 248 g/mol. The minimum atomic E-state index is -0.220. The number of H-pyrrole nitrogens is 1. The number of aromatic hydroxyl groups is 1. The van der Waals surface area contributed by atoms with Gasteiger partial charge in [0.2, 0.25) is 5.88 Å². The van der Waals surface area contributed by atoms with Gasteiger partial charge in [0.25, 0.3) is 0 Å². The molecule has 0 radical (unpaired) electrons. The number of hydrogen-bond donors (Lipinski definition) is 2. The predicted molar refractivity (Wildman–Crippen MR) is 72.3 cm³/mol. The third-order valence-electron chi connectivity index (χ3n) is 3.07. The average molecular weight is 260 g/mol. The van der Waals surface area contributed by atoms with E-state index in [1.54, 1.807) is 0 Å². The lowest BCUT2D eigenvalue weighted by Crippen LogP contribution is -1.89. The van der Waals surface area contributed by atoms with Crippen LogP contribution in [0.2, 0.25) is 0 Å². The van der Waals surface area contributed by atoms with Crippen molar-refractivity contribution < 1.29 is 5.11 Å². The van der Waals surface area contributed by atoms with E-state index in [0.29, 0.717) is 11.3 Å². The molecule has 2 heterocycles. The van der Waals surface area contributed by atoms with Crippen molar-refractivity contribution in [2.75, 3.05) is 0 Å². The topological polar surface area (TPSA) is 58.0 Å². The molecule has 0 spiro atoms. The zero-order valence-corrected chi connectivity index (χ0v) is 10.6. The highest BCUT2D eigenvalue weighted by molar-refractivity contribution is 7.09. The van der Waals surface area contributed by atoms with Gasteiger partial charge in [-0.2, -0.15) is 0 Å². The van der Waals surface area contributed by atoms with E-state index in [4.69, 9.17) is 0 Å². The fourth-order valence-corrected chi connectivity index (χ4v) is 2.91. The van der Waals surface area contributed by atoms with E-state index in [1.807, 2.05) is 25.4 Å². The Bertz CT molecular complexity index is 767. The number of aryl methyl sites for hydroxylation is 1. The summed E-state index contributed by atoms with van der Waals surface area (Å²) >= 11 is 1.06. The molecule has 0 aliphatic rings. The molecule has 0 aliphatic carbocycles. The molecule has 0 unspecified atom stereocenters. The van der Waals surface area contributed by atoms with E-state index < -0.39 is 0 Å². The van der Waals surface area contributed by atoms with Crippen molar-refractivity contribution in [3.63, 3.8) is 0 Å². The average Bonchev–Trinajstić information content (AvgIpc) is 2.85. The number of rotatable bonds is 2. The van der Waals surface area contributed by atoms with Crippen LogP contribution in [0.3, 0.4) is 0 Å². The lowest BCUT2D eigenvalue weighted by Gasteiger charge is -2.03. The van der Waals surface area contributed by atoms with E-state index >= 15 is 0 Å². The third kappa shape index (κ3) is 1.73. The van der Waals surface area contributed by atoms with E-state index in [-0.39, 0.29) is 10.8 Å². The fourth-order valence-electron chi connectivity index (χ4n) is 2.17. The van der Waals surface area contributed by atoms with Crippen LogP contribution in [0, 0.1) is 0 Å². The molecule has 92 valence electrons. The molecule has 2 aromatic heterocycles. The Kier molecular flexibility index (Phi) is 2.48. The zero-order chi connectivity index (χ0) is 12.7. The van der Waals surface area contributed by atoms with Gasteiger partial charge in [-0.05, 0) is 17.7 Å². The van der Waals surface area contributed by atoms with Crippen LogP contribution >= 0.6 is 11.3 Å². The summed E-state index contributed by atoms with van der Waals surface area (Å²) in [5.41, 5.74) is 2.26. The number of nitrogens with one attached hydrogen (secondary N) is 1. The van der Waals surface area contributed by atoms with Crippen molar-refractivity contribution in [3.05, 3.63) is 50.6 Å². The number of aromatic nitrogens is 2. The van der Waals surface area contributed by atoms with Crippen LogP contribution in [0.1, 0.15) is 10.4 Å². The molecule has 3 rings (SSSR count). The summed E-state index contributed by atoms with van der Waals surface area (Å²) < 4.78 is 2.05. The molecule has 4 nitrogen and oxygen atoms in total. The maximum Gasteiger partial charge on any atom is 0.307 e. The molecule has 0 amide bonds. The number of aromatic amines is 1. The number of thiazole rings is 1. The number of benzene rings is 1. The van der Waals surface area contributed by atoms with Crippen LogP contribution < -0.4 is 4.87 Å². The Balaban J connectivity index is 2.10. The molecule has 18 heavy (non-hydrogen) atoms. The van der Waals surface area contributed by atoms with Gasteiger partial charge in [-0.15, -0.1) is 0 Å². The highest BCUT2D eigenvalue weighted by atomic mass is 32.1. The van der Waals surface area contributed by atoms with Crippen molar-refractivity contribution >= 4 is 22.2 Å². The second-order valence-corrected chi connectivity index (χ2v) is 5.31. The molecule has 0 saturated carbocycles. The van der Waals surface area contributed by atoms with Crippen molar-refractivity contribution in [1.29, 1.82) is 0 Å². The number of fused-ring (bicyclic) bond motifs is 1. The SMILES string of the molecule is Cn1ccc2c(Cc3sc(=O)[nH]c3O)cccc21. The van der Waals surface area contributed by atoms with Crippen molar-refractivity contribution in [2.24, 2.45) is 7.05 Å². The molecule has 0 saturated heterocycles. The Morgan fingerprint density at radius 3 is 2.94 bits per heavy atom. The van der Waals surface area contributed by atoms with Crippen LogP contribution in [0.4, 0.5) is 0 Å². The maximum absolute atomic E-state index is 11.2. The Labute approximate surface area is 107 Å². The molecule has 2 N–H and O–H groups in total. The Hall–Kier alpha value is -2.01. The quantitative estimate of drug-likeness (QED) is 0.742. The van der Waals surface area contributed by atoms with Gasteiger partial charge < -0.3 is 9.67 Å². The molecule has 0 bridgehead atoms. The lowest BCUT2D eigenvalue weighted by atomic mass is 10.1.